The summed E-state index contributed by atoms with van der Waals surface area (Å²) in [5.41, 5.74) is 0.770. The SMILES string of the molecule is CC(C)Cn1cnc2c1c(=O)n(CC(O)COCc1ccc(Cl)cc1)c(=O)n2CC(C)C. The van der Waals surface area contributed by atoms with Gasteiger partial charge in [0.15, 0.2) is 11.2 Å². The van der Waals surface area contributed by atoms with E-state index in [2.05, 4.69) is 18.8 Å². The first-order valence-corrected chi connectivity index (χ1v) is 11.2. The first kappa shape index (κ1) is 24.2. The summed E-state index contributed by atoms with van der Waals surface area (Å²) in [5, 5.41) is 11.1. The van der Waals surface area contributed by atoms with E-state index in [9.17, 15) is 14.7 Å². The van der Waals surface area contributed by atoms with Crippen LogP contribution in [-0.4, -0.2) is 36.5 Å². The van der Waals surface area contributed by atoms with Crippen LogP contribution in [0.4, 0.5) is 0 Å². The van der Waals surface area contributed by atoms with Crippen LogP contribution in [0.1, 0.15) is 33.3 Å². The number of aliphatic hydroxyl groups excluding tert-OH is 1. The van der Waals surface area contributed by atoms with Gasteiger partial charge in [0.05, 0.1) is 32.2 Å². The molecule has 0 aliphatic heterocycles. The van der Waals surface area contributed by atoms with Crippen molar-refractivity contribution in [2.45, 2.75) is 60.0 Å². The minimum Gasteiger partial charge on any atom is -0.389 e. The maximum atomic E-state index is 13.2. The van der Waals surface area contributed by atoms with Gasteiger partial charge in [-0.05, 0) is 29.5 Å². The van der Waals surface area contributed by atoms with Gasteiger partial charge in [-0.3, -0.25) is 13.9 Å². The number of fused-ring (bicyclic) bond motifs is 1. The van der Waals surface area contributed by atoms with Crippen LogP contribution in [0.3, 0.4) is 0 Å². The van der Waals surface area contributed by atoms with E-state index in [-0.39, 0.29) is 19.1 Å². The lowest BCUT2D eigenvalue weighted by Crippen LogP contribution is -2.44. The molecule has 3 aromatic rings. The van der Waals surface area contributed by atoms with Crippen LogP contribution in [0.25, 0.3) is 11.2 Å². The Morgan fingerprint density at radius 3 is 2.28 bits per heavy atom. The van der Waals surface area contributed by atoms with E-state index >= 15 is 0 Å². The summed E-state index contributed by atoms with van der Waals surface area (Å²) >= 11 is 5.88. The van der Waals surface area contributed by atoms with Crippen molar-refractivity contribution in [2.24, 2.45) is 11.8 Å². The lowest BCUT2D eigenvalue weighted by Gasteiger charge is -2.17. The van der Waals surface area contributed by atoms with E-state index < -0.39 is 17.4 Å². The molecule has 0 amide bonds. The molecule has 1 aromatic carbocycles. The van der Waals surface area contributed by atoms with Gasteiger partial charge in [-0.25, -0.2) is 9.78 Å². The van der Waals surface area contributed by atoms with E-state index in [4.69, 9.17) is 16.3 Å². The fourth-order valence-corrected chi connectivity index (χ4v) is 3.74. The van der Waals surface area contributed by atoms with Crippen LogP contribution in [-0.2, 0) is 31.0 Å². The standard InChI is InChI=1S/C23H31ClN4O4/c1-15(2)9-26-14-25-21-20(26)22(30)28(23(31)27(21)10-16(3)4)11-19(29)13-32-12-17-5-7-18(24)8-6-17/h5-8,14-16,19,29H,9-13H2,1-4H3. The maximum absolute atomic E-state index is 13.2. The molecule has 3 rings (SSSR count). The zero-order valence-electron chi connectivity index (χ0n) is 19.0. The molecule has 0 radical (unpaired) electrons. The highest BCUT2D eigenvalue weighted by molar-refractivity contribution is 6.30. The van der Waals surface area contributed by atoms with E-state index in [1.54, 1.807) is 23.0 Å². The number of rotatable bonds is 10. The molecular weight excluding hydrogens is 432 g/mol. The second-order valence-electron chi connectivity index (χ2n) is 8.96. The van der Waals surface area contributed by atoms with Crippen molar-refractivity contribution >= 4 is 22.8 Å². The van der Waals surface area contributed by atoms with E-state index in [0.29, 0.717) is 41.8 Å². The smallest absolute Gasteiger partial charge is 0.332 e. The molecule has 1 N–H and O–H groups in total. The zero-order valence-corrected chi connectivity index (χ0v) is 19.7. The summed E-state index contributed by atoms with van der Waals surface area (Å²) < 4.78 is 10.00. The minimum atomic E-state index is -1.01. The monoisotopic (exact) mass is 462 g/mol. The summed E-state index contributed by atoms with van der Waals surface area (Å²) in [7, 11) is 0. The quantitative estimate of drug-likeness (QED) is 0.500. The fourth-order valence-electron chi connectivity index (χ4n) is 3.62. The molecule has 2 heterocycles. The highest BCUT2D eigenvalue weighted by atomic mass is 35.5. The number of hydrogen-bond donors (Lipinski definition) is 1. The molecule has 32 heavy (non-hydrogen) atoms. The number of aromatic nitrogens is 4. The molecule has 0 spiro atoms. The Balaban J connectivity index is 1.86. The van der Waals surface area contributed by atoms with Gasteiger partial charge in [-0.2, -0.15) is 0 Å². The fraction of sp³-hybridized carbons (Fsp3) is 0.522. The van der Waals surface area contributed by atoms with E-state index in [0.717, 1.165) is 10.1 Å². The maximum Gasteiger partial charge on any atom is 0.332 e. The van der Waals surface area contributed by atoms with Crippen LogP contribution in [0.2, 0.25) is 5.02 Å². The molecule has 174 valence electrons. The third kappa shape index (κ3) is 5.68. The Labute approximate surface area is 192 Å². The van der Waals surface area contributed by atoms with Crippen molar-refractivity contribution < 1.29 is 9.84 Å². The van der Waals surface area contributed by atoms with Crippen molar-refractivity contribution in [3.8, 4) is 0 Å². The van der Waals surface area contributed by atoms with Crippen molar-refractivity contribution in [3.05, 3.63) is 62.0 Å². The van der Waals surface area contributed by atoms with Gasteiger partial charge in [-0.15, -0.1) is 0 Å². The van der Waals surface area contributed by atoms with E-state index in [1.165, 1.54) is 4.57 Å². The normalized spacial score (nSPS) is 12.9. The van der Waals surface area contributed by atoms with Crippen molar-refractivity contribution in [1.82, 2.24) is 18.7 Å². The van der Waals surface area contributed by atoms with Crippen LogP contribution in [0.15, 0.2) is 40.2 Å². The number of ether oxygens (including phenoxy) is 1. The molecule has 0 aliphatic rings. The van der Waals surface area contributed by atoms with Crippen molar-refractivity contribution in [3.63, 3.8) is 0 Å². The molecule has 9 heteroatoms. The molecular formula is C23H31ClN4O4. The van der Waals surface area contributed by atoms with Gasteiger partial charge in [0.25, 0.3) is 5.56 Å². The average Bonchev–Trinajstić information content (AvgIpc) is 3.12. The van der Waals surface area contributed by atoms with Crippen LogP contribution in [0.5, 0.6) is 0 Å². The molecule has 0 bridgehead atoms. The molecule has 0 aliphatic carbocycles. The Hall–Kier alpha value is -2.42. The van der Waals surface area contributed by atoms with Gasteiger partial charge in [0.2, 0.25) is 0 Å². The zero-order chi connectivity index (χ0) is 23.4. The number of hydrogen-bond acceptors (Lipinski definition) is 5. The number of imidazole rings is 1. The summed E-state index contributed by atoms with van der Waals surface area (Å²) in [6, 6.07) is 7.22. The van der Waals surface area contributed by atoms with Crippen LogP contribution >= 0.6 is 11.6 Å². The third-order valence-electron chi connectivity index (χ3n) is 4.98. The largest absolute Gasteiger partial charge is 0.389 e. The first-order chi connectivity index (χ1) is 15.2. The topological polar surface area (TPSA) is 91.3 Å². The van der Waals surface area contributed by atoms with Gasteiger partial charge >= 0.3 is 5.69 Å². The van der Waals surface area contributed by atoms with Gasteiger partial charge < -0.3 is 14.4 Å². The number of halogens is 1. The van der Waals surface area contributed by atoms with Crippen molar-refractivity contribution in [1.29, 1.82) is 0 Å². The second kappa shape index (κ2) is 10.5. The molecule has 0 saturated carbocycles. The predicted molar refractivity (Wildman–Crippen MR) is 125 cm³/mol. The Morgan fingerprint density at radius 1 is 1.00 bits per heavy atom. The predicted octanol–water partition coefficient (Wildman–Crippen LogP) is 2.90. The Morgan fingerprint density at radius 2 is 1.66 bits per heavy atom. The van der Waals surface area contributed by atoms with E-state index in [1.807, 2.05) is 26.0 Å². The molecule has 0 saturated heterocycles. The van der Waals surface area contributed by atoms with Crippen molar-refractivity contribution in [2.75, 3.05) is 6.61 Å². The summed E-state index contributed by atoms with van der Waals surface area (Å²) in [4.78, 5) is 30.8. The number of nitrogens with zero attached hydrogens (tertiary/aromatic N) is 4. The summed E-state index contributed by atoms with van der Waals surface area (Å²) in [6.45, 7) is 9.26. The molecule has 8 nitrogen and oxygen atoms in total. The van der Waals surface area contributed by atoms with Gasteiger partial charge in [0, 0.05) is 18.1 Å². The molecule has 2 aromatic heterocycles. The number of benzene rings is 1. The number of aliphatic hydroxyl groups is 1. The summed E-state index contributed by atoms with van der Waals surface area (Å²) in [6.07, 6.45) is 0.595. The lowest BCUT2D eigenvalue weighted by atomic mass is 10.2. The van der Waals surface area contributed by atoms with Gasteiger partial charge in [0.1, 0.15) is 0 Å². The summed E-state index contributed by atoms with van der Waals surface area (Å²) in [5.74, 6) is 0.488. The van der Waals surface area contributed by atoms with Crippen LogP contribution in [0, 0.1) is 11.8 Å². The van der Waals surface area contributed by atoms with Gasteiger partial charge in [-0.1, -0.05) is 51.4 Å². The lowest BCUT2D eigenvalue weighted by molar-refractivity contribution is 0.0192. The minimum absolute atomic E-state index is 0.0119. The Bertz CT molecular complexity index is 1160. The molecule has 1 unspecified atom stereocenters. The Kier molecular flexibility index (Phi) is 7.92. The average molecular weight is 463 g/mol. The van der Waals surface area contributed by atoms with Crippen LogP contribution < -0.4 is 11.2 Å². The second-order valence-corrected chi connectivity index (χ2v) is 9.40. The highest BCUT2D eigenvalue weighted by Gasteiger charge is 2.20. The molecule has 0 fully saturated rings. The highest BCUT2D eigenvalue weighted by Crippen LogP contribution is 2.12. The first-order valence-electron chi connectivity index (χ1n) is 10.9. The third-order valence-corrected chi connectivity index (χ3v) is 5.23. The molecule has 1 atom stereocenters.